The standard InChI is InChI=1S/C26H23F2N3O2/c1-15-3-5-16(6-4-15)25-24-19(20-14-18(33-2)8-10-22(20)29-24)11-12-31(25)26(32)30-23-13-17(27)7-9-21(23)28/h3-10,13-14,25,29H,11-12H2,1-2H3,(H,30,32). The predicted octanol–water partition coefficient (Wildman–Crippen LogP) is 5.94. The minimum Gasteiger partial charge on any atom is -0.497 e. The molecule has 168 valence electrons. The van der Waals surface area contributed by atoms with E-state index in [-0.39, 0.29) is 5.69 Å². The molecule has 0 aliphatic carbocycles. The first kappa shape index (κ1) is 21.0. The molecule has 0 fully saturated rings. The molecule has 2 N–H and O–H groups in total. The van der Waals surface area contributed by atoms with Crippen LogP contribution in [0.15, 0.2) is 60.7 Å². The lowest BCUT2D eigenvalue weighted by atomic mass is 9.92. The molecule has 0 spiro atoms. The van der Waals surface area contributed by atoms with Crippen LogP contribution in [0.2, 0.25) is 0 Å². The molecule has 0 radical (unpaired) electrons. The number of carbonyl (C=O) groups is 1. The first-order valence-electron chi connectivity index (χ1n) is 10.7. The van der Waals surface area contributed by atoms with Gasteiger partial charge in [0.25, 0.3) is 0 Å². The molecule has 4 aromatic rings. The number of anilines is 1. The van der Waals surface area contributed by atoms with Crippen molar-refractivity contribution in [3.8, 4) is 5.75 Å². The van der Waals surface area contributed by atoms with Crippen LogP contribution in [0.4, 0.5) is 19.3 Å². The number of methoxy groups -OCH3 is 1. The van der Waals surface area contributed by atoms with Crippen molar-refractivity contribution in [3.05, 3.63) is 94.7 Å². The molecule has 2 amide bonds. The van der Waals surface area contributed by atoms with E-state index in [1.165, 1.54) is 0 Å². The molecule has 3 aromatic carbocycles. The predicted molar refractivity (Wildman–Crippen MR) is 124 cm³/mol. The fraction of sp³-hybridized carbons (Fsp3) is 0.192. The van der Waals surface area contributed by atoms with Crippen LogP contribution in [-0.4, -0.2) is 29.6 Å². The van der Waals surface area contributed by atoms with E-state index in [9.17, 15) is 13.6 Å². The Bertz CT molecular complexity index is 1350. The summed E-state index contributed by atoms with van der Waals surface area (Å²) < 4.78 is 33.2. The van der Waals surface area contributed by atoms with Crippen molar-refractivity contribution >= 4 is 22.6 Å². The van der Waals surface area contributed by atoms with E-state index >= 15 is 0 Å². The molecule has 7 heteroatoms. The van der Waals surface area contributed by atoms with E-state index in [1.807, 2.05) is 49.4 Å². The number of H-pyrrole nitrogens is 1. The second kappa shape index (κ2) is 8.24. The number of ether oxygens (including phenoxy) is 1. The van der Waals surface area contributed by atoms with E-state index in [0.717, 1.165) is 57.2 Å². The molecule has 1 aliphatic heterocycles. The number of fused-ring (bicyclic) bond motifs is 3. The van der Waals surface area contributed by atoms with Gasteiger partial charge >= 0.3 is 6.03 Å². The van der Waals surface area contributed by atoms with Crippen LogP contribution in [0.3, 0.4) is 0 Å². The van der Waals surface area contributed by atoms with E-state index < -0.39 is 23.7 Å². The fourth-order valence-corrected chi connectivity index (χ4v) is 4.49. The molecule has 5 rings (SSSR count). The Hall–Kier alpha value is -3.87. The average molecular weight is 447 g/mol. The Morgan fingerprint density at radius 1 is 1.09 bits per heavy atom. The summed E-state index contributed by atoms with van der Waals surface area (Å²) in [6, 6.07) is 15.9. The second-order valence-corrected chi connectivity index (χ2v) is 8.24. The zero-order valence-electron chi connectivity index (χ0n) is 18.3. The molecule has 2 heterocycles. The highest BCUT2D eigenvalue weighted by Crippen LogP contribution is 2.39. The molecule has 1 aromatic heterocycles. The molecule has 0 bridgehead atoms. The van der Waals surface area contributed by atoms with Crippen LogP contribution in [0.1, 0.15) is 28.4 Å². The highest BCUT2D eigenvalue weighted by Gasteiger charge is 2.35. The third-order valence-electron chi connectivity index (χ3n) is 6.16. The zero-order chi connectivity index (χ0) is 23.1. The molecule has 0 saturated heterocycles. The maximum absolute atomic E-state index is 14.2. The van der Waals surface area contributed by atoms with Crippen molar-refractivity contribution < 1.29 is 18.3 Å². The van der Waals surface area contributed by atoms with Crippen LogP contribution in [0, 0.1) is 18.6 Å². The van der Waals surface area contributed by atoms with Crippen molar-refractivity contribution in [2.24, 2.45) is 0 Å². The number of urea groups is 1. The summed E-state index contributed by atoms with van der Waals surface area (Å²) in [7, 11) is 1.63. The van der Waals surface area contributed by atoms with Gasteiger partial charge in [0.2, 0.25) is 0 Å². The highest BCUT2D eigenvalue weighted by molar-refractivity contribution is 5.92. The van der Waals surface area contributed by atoms with Crippen LogP contribution in [0.5, 0.6) is 5.75 Å². The van der Waals surface area contributed by atoms with Gasteiger partial charge in [-0.2, -0.15) is 0 Å². The van der Waals surface area contributed by atoms with Crippen molar-refractivity contribution in [3.63, 3.8) is 0 Å². The van der Waals surface area contributed by atoms with Gasteiger partial charge < -0.3 is 19.9 Å². The van der Waals surface area contributed by atoms with Gasteiger partial charge in [0.05, 0.1) is 18.8 Å². The Balaban J connectivity index is 1.59. The highest BCUT2D eigenvalue weighted by atomic mass is 19.1. The summed E-state index contributed by atoms with van der Waals surface area (Å²) in [5.74, 6) is -0.544. The fourth-order valence-electron chi connectivity index (χ4n) is 4.49. The number of nitrogens with zero attached hydrogens (tertiary/aromatic N) is 1. The third-order valence-corrected chi connectivity index (χ3v) is 6.16. The number of nitrogens with one attached hydrogen (secondary N) is 2. The molecule has 1 unspecified atom stereocenters. The summed E-state index contributed by atoms with van der Waals surface area (Å²) in [5.41, 5.74) is 4.83. The number of hydrogen-bond acceptors (Lipinski definition) is 2. The maximum Gasteiger partial charge on any atom is 0.322 e. The van der Waals surface area contributed by atoms with E-state index in [2.05, 4.69) is 10.3 Å². The Labute approximate surface area is 190 Å². The van der Waals surface area contributed by atoms with Gasteiger partial charge in [-0.1, -0.05) is 29.8 Å². The number of rotatable bonds is 3. The summed E-state index contributed by atoms with van der Waals surface area (Å²) in [6.45, 7) is 2.42. The molecule has 0 saturated carbocycles. The normalized spacial score (nSPS) is 15.4. The van der Waals surface area contributed by atoms with E-state index in [4.69, 9.17) is 4.74 Å². The van der Waals surface area contributed by atoms with E-state index in [1.54, 1.807) is 12.0 Å². The molecule has 1 atom stereocenters. The number of aromatic amines is 1. The monoisotopic (exact) mass is 447 g/mol. The first-order chi connectivity index (χ1) is 15.9. The Morgan fingerprint density at radius 3 is 2.64 bits per heavy atom. The van der Waals surface area contributed by atoms with Crippen LogP contribution < -0.4 is 10.1 Å². The lowest BCUT2D eigenvalue weighted by Gasteiger charge is -2.36. The minimum atomic E-state index is -0.688. The lowest BCUT2D eigenvalue weighted by Crippen LogP contribution is -2.43. The first-order valence-corrected chi connectivity index (χ1v) is 10.7. The van der Waals surface area contributed by atoms with Crippen molar-refractivity contribution in [1.82, 2.24) is 9.88 Å². The lowest BCUT2D eigenvalue weighted by molar-refractivity contribution is 0.193. The summed E-state index contributed by atoms with van der Waals surface area (Å²) in [5, 5.41) is 3.61. The number of carbonyl (C=O) groups excluding carboxylic acids is 1. The smallest absolute Gasteiger partial charge is 0.322 e. The van der Waals surface area contributed by atoms with Crippen molar-refractivity contribution in [2.45, 2.75) is 19.4 Å². The van der Waals surface area contributed by atoms with Crippen LogP contribution in [-0.2, 0) is 6.42 Å². The molecular formula is C26H23F2N3O2. The summed E-state index contributed by atoms with van der Waals surface area (Å²) >= 11 is 0. The SMILES string of the molecule is COc1ccc2[nH]c3c(c2c1)CCN(C(=O)Nc1cc(F)ccc1F)C3c1ccc(C)cc1. The van der Waals surface area contributed by atoms with Gasteiger partial charge in [-0.05, 0) is 54.8 Å². The molecule has 33 heavy (non-hydrogen) atoms. The number of aryl methyl sites for hydroxylation is 1. The number of aromatic nitrogens is 1. The summed E-state index contributed by atoms with van der Waals surface area (Å²) in [4.78, 5) is 18.4. The average Bonchev–Trinajstić information content (AvgIpc) is 3.19. The number of amides is 2. The number of halogens is 2. The molecule has 5 nitrogen and oxygen atoms in total. The van der Waals surface area contributed by atoms with Crippen molar-refractivity contribution in [2.75, 3.05) is 19.0 Å². The van der Waals surface area contributed by atoms with Gasteiger partial charge in [-0.25, -0.2) is 13.6 Å². The summed E-state index contributed by atoms with van der Waals surface area (Å²) in [6.07, 6.45) is 0.615. The quantitative estimate of drug-likeness (QED) is 0.408. The number of hydrogen-bond donors (Lipinski definition) is 2. The van der Waals surface area contributed by atoms with Gasteiger partial charge in [0.1, 0.15) is 17.4 Å². The van der Waals surface area contributed by atoms with Crippen LogP contribution in [0.25, 0.3) is 10.9 Å². The van der Waals surface area contributed by atoms with Gasteiger partial charge in [0, 0.05) is 29.2 Å². The minimum absolute atomic E-state index is 0.185. The topological polar surface area (TPSA) is 57.4 Å². The van der Waals surface area contributed by atoms with Crippen LogP contribution >= 0.6 is 0 Å². The number of benzene rings is 3. The Morgan fingerprint density at radius 2 is 1.88 bits per heavy atom. The molecular weight excluding hydrogens is 424 g/mol. The van der Waals surface area contributed by atoms with Crippen molar-refractivity contribution in [1.29, 1.82) is 0 Å². The molecule has 1 aliphatic rings. The van der Waals surface area contributed by atoms with Gasteiger partial charge in [-0.15, -0.1) is 0 Å². The third kappa shape index (κ3) is 3.80. The largest absolute Gasteiger partial charge is 0.497 e. The van der Waals surface area contributed by atoms with E-state index in [0.29, 0.717) is 13.0 Å². The van der Waals surface area contributed by atoms with Gasteiger partial charge in [0.15, 0.2) is 0 Å². The zero-order valence-corrected chi connectivity index (χ0v) is 18.3. The second-order valence-electron chi connectivity index (χ2n) is 8.24. The van der Waals surface area contributed by atoms with Gasteiger partial charge in [-0.3, -0.25) is 0 Å². The Kier molecular flexibility index (Phi) is 5.24. The maximum atomic E-state index is 14.2.